The fourth-order valence-electron chi connectivity index (χ4n) is 3.13. The van der Waals surface area contributed by atoms with Crippen molar-refractivity contribution in [2.75, 3.05) is 0 Å². The van der Waals surface area contributed by atoms with Gasteiger partial charge in [0.05, 0.1) is 5.56 Å². The topological polar surface area (TPSA) is 38.3 Å². The van der Waals surface area contributed by atoms with Crippen LogP contribution >= 0.6 is 0 Å². The molecule has 0 saturated heterocycles. The molecule has 1 aromatic rings. The number of rotatable bonds is 2. The van der Waals surface area contributed by atoms with Crippen molar-refractivity contribution in [3.8, 4) is 0 Å². The Balaban J connectivity index is 1.62. The fraction of sp³-hybridized carbons (Fsp3) is 0.588. The third-order valence-corrected chi connectivity index (χ3v) is 4.63. The lowest BCUT2D eigenvalue weighted by Crippen LogP contribution is -2.28. The van der Waals surface area contributed by atoms with Gasteiger partial charge in [0, 0.05) is 13.1 Å². The molecule has 1 aliphatic heterocycles. The Bertz CT molecular complexity index is 512. The van der Waals surface area contributed by atoms with E-state index >= 15 is 0 Å². The zero-order valence-electron chi connectivity index (χ0n) is 12.4. The van der Waals surface area contributed by atoms with Crippen LogP contribution in [0.5, 0.6) is 0 Å². The summed E-state index contributed by atoms with van der Waals surface area (Å²) in [5, 5.41) is 3.29. The predicted molar refractivity (Wildman–Crippen MR) is 78.4 cm³/mol. The zero-order valence-corrected chi connectivity index (χ0v) is 12.4. The van der Waals surface area contributed by atoms with E-state index in [9.17, 15) is 4.79 Å². The molecule has 1 fully saturated rings. The summed E-state index contributed by atoms with van der Waals surface area (Å²) in [4.78, 5) is 12.2. The normalized spacial score (nSPS) is 21.5. The smallest absolute Gasteiger partial charge is 0.338 e. The third kappa shape index (κ3) is 2.88. The molecule has 108 valence electrons. The van der Waals surface area contributed by atoms with Gasteiger partial charge in [-0.1, -0.05) is 19.9 Å². The van der Waals surface area contributed by atoms with Crippen molar-refractivity contribution in [2.45, 2.75) is 58.7 Å². The maximum atomic E-state index is 12.2. The first-order valence-corrected chi connectivity index (χ1v) is 7.57. The molecule has 1 aliphatic carbocycles. The molecule has 2 aliphatic rings. The summed E-state index contributed by atoms with van der Waals surface area (Å²) in [6.45, 7) is 6.34. The molecule has 1 N–H and O–H groups in total. The lowest BCUT2D eigenvalue weighted by Gasteiger charge is -2.33. The molecule has 0 radical (unpaired) electrons. The highest BCUT2D eigenvalue weighted by atomic mass is 16.5. The first-order valence-electron chi connectivity index (χ1n) is 7.57. The second-order valence-corrected chi connectivity index (χ2v) is 6.86. The summed E-state index contributed by atoms with van der Waals surface area (Å²) in [6, 6.07) is 5.90. The first kappa shape index (κ1) is 13.6. The maximum absolute atomic E-state index is 12.2. The van der Waals surface area contributed by atoms with Crippen LogP contribution in [-0.4, -0.2) is 12.1 Å². The molecule has 0 amide bonds. The second kappa shape index (κ2) is 5.21. The fourth-order valence-corrected chi connectivity index (χ4v) is 3.13. The lowest BCUT2D eigenvalue weighted by molar-refractivity contribution is 0.00950. The number of hydrogen-bond acceptors (Lipinski definition) is 3. The Hall–Kier alpha value is -1.35. The molecule has 0 spiro atoms. The number of fused-ring (bicyclic) bond motifs is 1. The lowest BCUT2D eigenvalue weighted by atomic mass is 9.76. The van der Waals surface area contributed by atoms with Gasteiger partial charge in [-0.2, -0.15) is 0 Å². The van der Waals surface area contributed by atoms with Crippen LogP contribution < -0.4 is 5.32 Å². The van der Waals surface area contributed by atoms with E-state index in [0.717, 1.165) is 38.8 Å². The van der Waals surface area contributed by atoms with E-state index in [0.29, 0.717) is 11.0 Å². The van der Waals surface area contributed by atoms with E-state index in [4.69, 9.17) is 4.74 Å². The highest BCUT2D eigenvalue weighted by molar-refractivity contribution is 5.89. The van der Waals surface area contributed by atoms with Gasteiger partial charge in [-0.25, -0.2) is 4.79 Å². The van der Waals surface area contributed by atoms with Gasteiger partial charge in [0.2, 0.25) is 0 Å². The summed E-state index contributed by atoms with van der Waals surface area (Å²) in [5.74, 6) is -0.163. The van der Waals surface area contributed by atoms with Gasteiger partial charge in [-0.15, -0.1) is 0 Å². The molecule has 3 nitrogen and oxygen atoms in total. The molecule has 0 unspecified atom stereocenters. The molecule has 1 heterocycles. The summed E-state index contributed by atoms with van der Waals surface area (Å²) in [5.41, 5.74) is 3.62. The zero-order chi connectivity index (χ0) is 14.2. The molecule has 3 heteroatoms. The van der Waals surface area contributed by atoms with Crippen LogP contribution in [-0.2, 0) is 17.8 Å². The third-order valence-electron chi connectivity index (χ3n) is 4.63. The van der Waals surface area contributed by atoms with Crippen molar-refractivity contribution in [2.24, 2.45) is 5.41 Å². The molecule has 0 atom stereocenters. The minimum Gasteiger partial charge on any atom is -0.459 e. The second-order valence-electron chi connectivity index (χ2n) is 6.86. The van der Waals surface area contributed by atoms with Crippen molar-refractivity contribution in [1.82, 2.24) is 5.32 Å². The van der Waals surface area contributed by atoms with Gasteiger partial charge in [0.1, 0.15) is 6.10 Å². The van der Waals surface area contributed by atoms with Crippen LogP contribution in [0.15, 0.2) is 18.2 Å². The number of carbonyl (C=O) groups excluding carboxylic acids is 1. The van der Waals surface area contributed by atoms with Gasteiger partial charge >= 0.3 is 5.97 Å². The number of ether oxygens (including phenoxy) is 1. The summed E-state index contributed by atoms with van der Waals surface area (Å²) in [7, 11) is 0. The summed E-state index contributed by atoms with van der Waals surface area (Å²) < 4.78 is 5.67. The summed E-state index contributed by atoms with van der Waals surface area (Å²) in [6.07, 6.45) is 4.36. The minimum atomic E-state index is -0.163. The molecule has 1 aromatic carbocycles. The van der Waals surface area contributed by atoms with Gasteiger partial charge in [0.15, 0.2) is 0 Å². The van der Waals surface area contributed by atoms with Crippen molar-refractivity contribution < 1.29 is 9.53 Å². The Kier molecular flexibility index (Phi) is 3.55. The van der Waals surface area contributed by atoms with E-state index in [1.807, 2.05) is 18.2 Å². The Labute approximate surface area is 120 Å². The number of nitrogens with one attached hydrogen (secondary N) is 1. The Morgan fingerprint density at radius 2 is 1.90 bits per heavy atom. The minimum absolute atomic E-state index is 0.0990. The van der Waals surface area contributed by atoms with Crippen LogP contribution in [0.4, 0.5) is 0 Å². The number of carbonyl (C=O) groups is 1. The van der Waals surface area contributed by atoms with Crippen molar-refractivity contribution >= 4 is 5.97 Å². The highest BCUT2D eigenvalue weighted by Crippen LogP contribution is 2.36. The van der Waals surface area contributed by atoms with Gasteiger partial charge in [-0.05, 0) is 54.4 Å². The number of benzene rings is 1. The largest absolute Gasteiger partial charge is 0.459 e. The number of esters is 1. The van der Waals surface area contributed by atoms with E-state index < -0.39 is 0 Å². The van der Waals surface area contributed by atoms with Gasteiger partial charge in [-0.3, -0.25) is 0 Å². The molecular weight excluding hydrogens is 250 g/mol. The quantitative estimate of drug-likeness (QED) is 0.839. The molecule has 0 aromatic heterocycles. The molecular formula is C17H23NO2. The van der Waals surface area contributed by atoms with Crippen LogP contribution in [0.25, 0.3) is 0 Å². The van der Waals surface area contributed by atoms with Crippen molar-refractivity contribution in [3.05, 3.63) is 34.9 Å². The van der Waals surface area contributed by atoms with Gasteiger partial charge in [0.25, 0.3) is 0 Å². The molecule has 1 saturated carbocycles. The maximum Gasteiger partial charge on any atom is 0.338 e. The average Bonchev–Trinajstić information content (AvgIpc) is 2.88. The van der Waals surface area contributed by atoms with E-state index in [2.05, 4.69) is 19.2 Å². The SMILES string of the molecule is CC1(C)CCC(OC(=O)c2ccc3c(c2)CNC3)CC1. The monoisotopic (exact) mass is 273 g/mol. The van der Waals surface area contributed by atoms with Crippen molar-refractivity contribution in [1.29, 1.82) is 0 Å². The van der Waals surface area contributed by atoms with Crippen LogP contribution in [0.1, 0.15) is 61.0 Å². The van der Waals surface area contributed by atoms with Crippen LogP contribution in [0.3, 0.4) is 0 Å². The average molecular weight is 273 g/mol. The Morgan fingerprint density at radius 3 is 2.65 bits per heavy atom. The van der Waals surface area contributed by atoms with E-state index in [1.165, 1.54) is 11.1 Å². The molecule has 0 bridgehead atoms. The standard InChI is InChI=1S/C17H23NO2/c1-17(2)7-5-15(6-8-17)20-16(19)12-3-4-13-10-18-11-14(13)9-12/h3-4,9,15,18H,5-8,10-11H2,1-2H3. The summed E-state index contributed by atoms with van der Waals surface area (Å²) >= 11 is 0. The van der Waals surface area contributed by atoms with E-state index in [-0.39, 0.29) is 12.1 Å². The molecule has 20 heavy (non-hydrogen) atoms. The molecule has 3 rings (SSSR count). The Morgan fingerprint density at radius 1 is 1.20 bits per heavy atom. The highest BCUT2D eigenvalue weighted by Gasteiger charge is 2.29. The van der Waals surface area contributed by atoms with E-state index in [1.54, 1.807) is 0 Å². The predicted octanol–water partition coefficient (Wildman–Crippen LogP) is 3.42. The van der Waals surface area contributed by atoms with Crippen LogP contribution in [0, 0.1) is 5.41 Å². The van der Waals surface area contributed by atoms with Gasteiger partial charge < -0.3 is 10.1 Å². The number of hydrogen-bond donors (Lipinski definition) is 1. The van der Waals surface area contributed by atoms with Crippen LogP contribution in [0.2, 0.25) is 0 Å². The first-order chi connectivity index (χ1) is 9.53. The van der Waals surface area contributed by atoms with Crippen molar-refractivity contribution in [3.63, 3.8) is 0 Å².